The van der Waals surface area contributed by atoms with Crippen molar-refractivity contribution in [3.8, 4) is 17.2 Å². The predicted molar refractivity (Wildman–Crippen MR) is 103 cm³/mol. The number of fused-ring (bicyclic) bond motifs is 1. The Morgan fingerprint density at radius 2 is 2.00 bits per heavy atom. The molecule has 1 atom stereocenters. The zero-order valence-corrected chi connectivity index (χ0v) is 15.6. The number of anilines is 1. The molecule has 1 saturated heterocycles. The highest BCUT2D eigenvalue weighted by Crippen LogP contribution is 2.35. The molecular weight excluding hydrogens is 360 g/mol. The summed E-state index contributed by atoms with van der Waals surface area (Å²) in [6.07, 6.45) is 0.255. The molecular formula is C21H22N2O5. The quantitative estimate of drug-likeness (QED) is 0.857. The van der Waals surface area contributed by atoms with Gasteiger partial charge in [0.2, 0.25) is 5.91 Å². The Morgan fingerprint density at radius 3 is 2.82 bits per heavy atom. The summed E-state index contributed by atoms with van der Waals surface area (Å²) in [6.45, 7) is 3.30. The van der Waals surface area contributed by atoms with Crippen LogP contribution in [-0.2, 0) is 9.59 Å². The molecule has 0 unspecified atom stereocenters. The number of hydrogen-bond donors (Lipinski definition) is 1. The average molecular weight is 382 g/mol. The number of ether oxygens (including phenoxy) is 3. The number of nitrogens with one attached hydrogen (secondary N) is 1. The second-order valence-corrected chi connectivity index (χ2v) is 6.91. The Balaban J connectivity index is 1.33. The van der Waals surface area contributed by atoms with Gasteiger partial charge in [-0.2, -0.15) is 0 Å². The molecule has 0 saturated carbocycles. The van der Waals surface area contributed by atoms with E-state index in [4.69, 9.17) is 14.2 Å². The molecule has 28 heavy (non-hydrogen) atoms. The van der Waals surface area contributed by atoms with Gasteiger partial charge in [0, 0.05) is 24.7 Å². The maximum atomic E-state index is 12.4. The van der Waals surface area contributed by atoms with Gasteiger partial charge >= 0.3 is 0 Å². The summed E-state index contributed by atoms with van der Waals surface area (Å²) >= 11 is 0. The second kappa shape index (κ2) is 7.80. The van der Waals surface area contributed by atoms with Crippen molar-refractivity contribution in [2.24, 2.45) is 0 Å². The zero-order chi connectivity index (χ0) is 19.5. The lowest BCUT2D eigenvalue weighted by Crippen LogP contribution is -2.39. The number of rotatable bonds is 5. The highest BCUT2D eigenvalue weighted by molar-refractivity contribution is 5.97. The van der Waals surface area contributed by atoms with Crippen molar-refractivity contribution in [3.05, 3.63) is 48.0 Å². The summed E-state index contributed by atoms with van der Waals surface area (Å²) in [4.78, 5) is 26.3. The SMILES string of the molecule is Cc1cccc(OCC(=O)N[C@H]2CC(=O)N(c3ccc4c(c3)OCCO4)C2)c1. The predicted octanol–water partition coefficient (Wildman–Crippen LogP) is 2.07. The van der Waals surface area contributed by atoms with E-state index in [0.29, 0.717) is 37.0 Å². The van der Waals surface area contributed by atoms with Crippen molar-refractivity contribution < 1.29 is 23.8 Å². The van der Waals surface area contributed by atoms with Crippen molar-refractivity contribution in [1.82, 2.24) is 5.32 Å². The van der Waals surface area contributed by atoms with Crippen molar-refractivity contribution in [1.29, 1.82) is 0 Å². The van der Waals surface area contributed by atoms with E-state index >= 15 is 0 Å². The summed E-state index contributed by atoms with van der Waals surface area (Å²) in [7, 11) is 0. The van der Waals surface area contributed by atoms with Crippen molar-refractivity contribution in [2.45, 2.75) is 19.4 Å². The lowest BCUT2D eigenvalue weighted by Gasteiger charge is -2.22. The van der Waals surface area contributed by atoms with Crippen LogP contribution in [0.2, 0.25) is 0 Å². The van der Waals surface area contributed by atoms with Gasteiger partial charge in [0.1, 0.15) is 19.0 Å². The maximum absolute atomic E-state index is 12.4. The molecule has 7 heteroatoms. The molecule has 2 aliphatic heterocycles. The molecule has 0 aromatic heterocycles. The van der Waals surface area contributed by atoms with Crippen LogP contribution >= 0.6 is 0 Å². The van der Waals surface area contributed by atoms with Gasteiger partial charge in [-0.25, -0.2) is 0 Å². The number of hydrogen-bond acceptors (Lipinski definition) is 5. The first-order valence-corrected chi connectivity index (χ1v) is 9.27. The van der Waals surface area contributed by atoms with Crippen molar-refractivity contribution in [2.75, 3.05) is 31.3 Å². The molecule has 1 fully saturated rings. The van der Waals surface area contributed by atoms with E-state index in [0.717, 1.165) is 11.3 Å². The van der Waals surface area contributed by atoms with Gasteiger partial charge in [0.15, 0.2) is 18.1 Å². The standard InChI is InChI=1S/C21H22N2O5/c1-14-3-2-4-17(9-14)28-13-20(24)22-15-10-21(25)23(12-15)16-5-6-18-19(11-16)27-8-7-26-18/h2-6,9,11,15H,7-8,10,12-13H2,1H3,(H,22,24)/t15-/m0/s1. The van der Waals surface area contributed by atoms with Gasteiger partial charge < -0.3 is 24.4 Å². The fourth-order valence-corrected chi connectivity index (χ4v) is 3.38. The van der Waals surface area contributed by atoms with Crippen molar-refractivity contribution >= 4 is 17.5 Å². The Bertz CT molecular complexity index is 898. The molecule has 2 amide bonds. The smallest absolute Gasteiger partial charge is 0.258 e. The monoisotopic (exact) mass is 382 g/mol. The number of nitrogens with zero attached hydrogens (tertiary/aromatic N) is 1. The molecule has 4 rings (SSSR count). The van der Waals surface area contributed by atoms with Gasteiger partial charge in [0.25, 0.3) is 5.91 Å². The third-order valence-corrected chi connectivity index (χ3v) is 4.69. The van der Waals surface area contributed by atoms with Crippen LogP contribution in [0.25, 0.3) is 0 Å². The first-order chi connectivity index (χ1) is 13.6. The Morgan fingerprint density at radius 1 is 1.18 bits per heavy atom. The van der Waals surface area contributed by atoms with Crippen LogP contribution in [0.1, 0.15) is 12.0 Å². The first kappa shape index (κ1) is 18.2. The summed E-state index contributed by atoms with van der Waals surface area (Å²) in [5, 5.41) is 2.87. The molecule has 7 nitrogen and oxygen atoms in total. The van der Waals surface area contributed by atoms with E-state index in [1.807, 2.05) is 37.3 Å². The van der Waals surface area contributed by atoms with Gasteiger partial charge in [0.05, 0.1) is 6.04 Å². The largest absolute Gasteiger partial charge is 0.486 e. The lowest BCUT2D eigenvalue weighted by molar-refractivity contribution is -0.123. The summed E-state index contributed by atoms with van der Waals surface area (Å²) in [6, 6.07) is 12.7. The highest BCUT2D eigenvalue weighted by atomic mass is 16.6. The number of amides is 2. The minimum absolute atomic E-state index is 0.0402. The highest BCUT2D eigenvalue weighted by Gasteiger charge is 2.32. The lowest BCUT2D eigenvalue weighted by atomic mass is 10.2. The van der Waals surface area contributed by atoms with Gasteiger partial charge in [-0.15, -0.1) is 0 Å². The third kappa shape index (κ3) is 4.03. The van der Waals surface area contributed by atoms with Gasteiger partial charge in [-0.3, -0.25) is 9.59 Å². The van der Waals surface area contributed by atoms with Gasteiger partial charge in [-0.1, -0.05) is 12.1 Å². The maximum Gasteiger partial charge on any atom is 0.258 e. The van der Waals surface area contributed by atoms with E-state index in [1.54, 1.807) is 17.0 Å². The molecule has 146 valence electrons. The van der Waals surface area contributed by atoms with Crippen LogP contribution in [0.5, 0.6) is 17.2 Å². The Kier molecular flexibility index (Phi) is 5.06. The fourth-order valence-electron chi connectivity index (χ4n) is 3.38. The average Bonchev–Trinajstić information content (AvgIpc) is 3.06. The number of benzene rings is 2. The minimum Gasteiger partial charge on any atom is -0.486 e. The van der Waals surface area contributed by atoms with Gasteiger partial charge in [-0.05, 0) is 36.8 Å². The molecule has 2 aliphatic rings. The van der Waals surface area contributed by atoms with Crippen LogP contribution < -0.4 is 24.4 Å². The molecule has 0 spiro atoms. The molecule has 2 heterocycles. The molecule has 0 bridgehead atoms. The summed E-state index contributed by atoms with van der Waals surface area (Å²) < 4.78 is 16.6. The molecule has 0 radical (unpaired) electrons. The van der Waals surface area contributed by atoms with Crippen LogP contribution in [0.4, 0.5) is 5.69 Å². The Labute approximate surface area is 163 Å². The van der Waals surface area contributed by atoms with Crippen LogP contribution in [0.3, 0.4) is 0 Å². The second-order valence-electron chi connectivity index (χ2n) is 6.91. The number of carbonyl (C=O) groups excluding carboxylic acids is 2. The third-order valence-electron chi connectivity index (χ3n) is 4.69. The molecule has 2 aromatic rings. The fraction of sp³-hybridized carbons (Fsp3) is 0.333. The summed E-state index contributed by atoms with van der Waals surface area (Å²) in [5.74, 6) is 1.68. The van der Waals surface area contributed by atoms with Crippen LogP contribution in [0, 0.1) is 6.92 Å². The normalized spacial score (nSPS) is 18.1. The minimum atomic E-state index is -0.255. The van der Waals surface area contributed by atoms with Crippen LogP contribution in [-0.4, -0.2) is 44.2 Å². The topological polar surface area (TPSA) is 77.1 Å². The molecule has 2 aromatic carbocycles. The van der Waals surface area contributed by atoms with E-state index in [9.17, 15) is 9.59 Å². The van der Waals surface area contributed by atoms with E-state index in [-0.39, 0.29) is 30.9 Å². The Hall–Kier alpha value is -3.22. The zero-order valence-electron chi connectivity index (χ0n) is 15.6. The van der Waals surface area contributed by atoms with Crippen LogP contribution in [0.15, 0.2) is 42.5 Å². The van der Waals surface area contributed by atoms with E-state index in [1.165, 1.54) is 0 Å². The number of carbonyl (C=O) groups is 2. The summed E-state index contributed by atoms with van der Waals surface area (Å²) in [5.41, 5.74) is 1.80. The van der Waals surface area contributed by atoms with E-state index < -0.39 is 0 Å². The first-order valence-electron chi connectivity index (χ1n) is 9.27. The molecule has 0 aliphatic carbocycles. The van der Waals surface area contributed by atoms with Crippen molar-refractivity contribution in [3.63, 3.8) is 0 Å². The van der Waals surface area contributed by atoms with E-state index in [2.05, 4.69) is 5.32 Å². The number of aryl methyl sites for hydroxylation is 1. The molecule has 1 N–H and O–H groups in total.